The Morgan fingerprint density at radius 2 is 1.97 bits per heavy atom. The molecule has 0 spiro atoms. The minimum atomic E-state index is -4.75. The molecule has 0 amide bonds. The zero-order valence-electron chi connectivity index (χ0n) is 16.9. The van der Waals surface area contributed by atoms with E-state index in [2.05, 4.69) is 0 Å². The average Bonchev–Trinajstić information content (AvgIpc) is 3.21. The van der Waals surface area contributed by atoms with Crippen LogP contribution in [0.25, 0.3) is 0 Å². The highest BCUT2D eigenvalue weighted by Gasteiger charge is 2.36. The maximum atomic E-state index is 13.1. The third-order valence-corrected chi connectivity index (χ3v) is 7.54. The second-order valence-corrected chi connectivity index (χ2v) is 10.0. The van der Waals surface area contributed by atoms with E-state index < -0.39 is 37.8 Å². The van der Waals surface area contributed by atoms with Gasteiger partial charge in [0.15, 0.2) is 0 Å². The fourth-order valence-corrected chi connectivity index (χ4v) is 5.32. The van der Waals surface area contributed by atoms with Crippen molar-refractivity contribution in [1.29, 1.82) is 0 Å². The molecule has 3 rings (SSSR count). The summed E-state index contributed by atoms with van der Waals surface area (Å²) >= 11 is 5.58. The van der Waals surface area contributed by atoms with Gasteiger partial charge < -0.3 is 14.6 Å². The molecule has 31 heavy (non-hydrogen) atoms. The van der Waals surface area contributed by atoms with Crippen molar-refractivity contribution in [2.24, 2.45) is 0 Å². The van der Waals surface area contributed by atoms with Crippen molar-refractivity contribution in [3.8, 4) is 0 Å². The fourth-order valence-electron chi connectivity index (χ4n) is 3.65. The van der Waals surface area contributed by atoms with Gasteiger partial charge in [0.2, 0.25) is 10.0 Å². The highest BCUT2D eigenvalue weighted by molar-refractivity contribution is 7.89. The number of hydrogen-bond donors (Lipinski definition) is 1. The molecule has 0 aliphatic carbocycles. The maximum Gasteiger partial charge on any atom is 0.417 e. The zero-order valence-corrected chi connectivity index (χ0v) is 18.4. The van der Waals surface area contributed by atoms with Crippen molar-refractivity contribution >= 4 is 21.6 Å². The number of sulfonamides is 1. The molecule has 2 heterocycles. The number of β-amino-alcohol motifs (C(OH)–C–C–N with tert-alkyl or cyclic N) is 1. The fraction of sp³-hybridized carbons (Fsp3) is 0.684. The third-order valence-electron chi connectivity index (χ3n) is 5.32. The highest BCUT2D eigenvalue weighted by Crippen LogP contribution is 2.36. The van der Waals surface area contributed by atoms with Crippen molar-refractivity contribution in [2.45, 2.75) is 36.1 Å². The van der Waals surface area contributed by atoms with Gasteiger partial charge >= 0.3 is 6.18 Å². The lowest BCUT2D eigenvalue weighted by atomic mass is 10.2. The van der Waals surface area contributed by atoms with Gasteiger partial charge in [0.25, 0.3) is 0 Å². The molecule has 0 saturated carbocycles. The van der Waals surface area contributed by atoms with Crippen molar-refractivity contribution in [3.63, 3.8) is 0 Å². The molecular formula is C19H26ClF3N2O5S. The Hall–Kier alpha value is -0.950. The minimum absolute atomic E-state index is 0.0756. The summed E-state index contributed by atoms with van der Waals surface area (Å²) < 4.78 is 76.9. The van der Waals surface area contributed by atoms with E-state index in [1.54, 1.807) is 0 Å². The van der Waals surface area contributed by atoms with E-state index in [0.29, 0.717) is 32.3 Å². The molecule has 12 heteroatoms. The Bertz CT molecular complexity index is 841. The predicted octanol–water partition coefficient (Wildman–Crippen LogP) is 2.22. The molecule has 0 aromatic heterocycles. The van der Waals surface area contributed by atoms with E-state index >= 15 is 0 Å². The van der Waals surface area contributed by atoms with Gasteiger partial charge in [-0.15, -0.1) is 0 Å². The smallest absolute Gasteiger partial charge is 0.389 e. The highest BCUT2D eigenvalue weighted by atomic mass is 35.5. The normalized spacial score (nSPS) is 22.7. The topological polar surface area (TPSA) is 79.3 Å². The molecular weight excluding hydrogens is 461 g/mol. The Kier molecular flexibility index (Phi) is 8.22. The molecule has 2 atom stereocenters. The van der Waals surface area contributed by atoms with Gasteiger partial charge in [0, 0.05) is 39.3 Å². The Labute approximate surface area is 184 Å². The number of nitrogens with zero attached hydrogens (tertiary/aromatic N) is 2. The van der Waals surface area contributed by atoms with Gasteiger partial charge in [-0.25, -0.2) is 8.42 Å². The number of aliphatic hydroxyl groups is 1. The lowest BCUT2D eigenvalue weighted by molar-refractivity contribution is -0.137. The first-order chi connectivity index (χ1) is 14.6. The molecule has 7 nitrogen and oxygen atoms in total. The zero-order chi connectivity index (χ0) is 22.6. The van der Waals surface area contributed by atoms with Crippen LogP contribution < -0.4 is 0 Å². The van der Waals surface area contributed by atoms with E-state index in [1.807, 2.05) is 4.90 Å². The van der Waals surface area contributed by atoms with Gasteiger partial charge in [0.1, 0.15) is 0 Å². The van der Waals surface area contributed by atoms with Crippen LogP contribution in [-0.2, 0) is 25.7 Å². The summed E-state index contributed by atoms with van der Waals surface area (Å²) in [5.74, 6) is 0. The van der Waals surface area contributed by atoms with Gasteiger partial charge in [-0.3, -0.25) is 4.90 Å². The summed E-state index contributed by atoms with van der Waals surface area (Å²) in [6, 6.07) is 2.59. The Balaban J connectivity index is 1.50. The van der Waals surface area contributed by atoms with Gasteiger partial charge in [0.05, 0.1) is 40.9 Å². The number of benzene rings is 1. The molecule has 2 aliphatic rings. The van der Waals surface area contributed by atoms with Crippen LogP contribution in [0.15, 0.2) is 23.1 Å². The van der Waals surface area contributed by atoms with Crippen LogP contribution in [0.5, 0.6) is 0 Å². The number of hydrogen-bond acceptors (Lipinski definition) is 6. The molecule has 176 valence electrons. The van der Waals surface area contributed by atoms with E-state index in [9.17, 15) is 26.7 Å². The van der Waals surface area contributed by atoms with Crippen LogP contribution in [0.4, 0.5) is 13.2 Å². The third kappa shape index (κ3) is 6.53. The number of alkyl halides is 3. The minimum Gasteiger partial charge on any atom is -0.389 e. The lowest BCUT2D eigenvalue weighted by Gasteiger charge is -2.35. The first-order valence-corrected chi connectivity index (χ1v) is 11.9. The summed E-state index contributed by atoms with van der Waals surface area (Å²) in [7, 11) is -4.09. The van der Waals surface area contributed by atoms with Crippen LogP contribution in [0, 0.1) is 0 Å². The van der Waals surface area contributed by atoms with Crippen molar-refractivity contribution in [2.75, 3.05) is 52.5 Å². The molecule has 1 aromatic rings. The average molecular weight is 487 g/mol. The van der Waals surface area contributed by atoms with Crippen molar-refractivity contribution < 1.29 is 36.2 Å². The van der Waals surface area contributed by atoms with Gasteiger partial charge in [-0.1, -0.05) is 11.6 Å². The van der Waals surface area contributed by atoms with E-state index in [-0.39, 0.29) is 25.8 Å². The van der Waals surface area contributed by atoms with E-state index in [0.717, 1.165) is 35.9 Å². The van der Waals surface area contributed by atoms with Crippen LogP contribution in [0.1, 0.15) is 18.4 Å². The molecule has 1 aromatic carbocycles. The number of rotatable bonds is 8. The first kappa shape index (κ1) is 24.7. The lowest BCUT2D eigenvalue weighted by Crippen LogP contribution is -2.50. The van der Waals surface area contributed by atoms with Crippen LogP contribution in [0.3, 0.4) is 0 Å². The first-order valence-electron chi connectivity index (χ1n) is 10.0. The van der Waals surface area contributed by atoms with Crippen LogP contribution >= 0.6 is 11.6 Å². The van der Waals surface area contributed by atoms with Gasteiger partial charge in [-0.2, -0.15) is 17.5 Å². The van der Waals surface area contributed by atoms with Crippen molar-refractivity contribution in [3.05, 3.63) is 28.8 Å². The number of halogens is 4. The standard InChI is InChI=1S/C19H26ClF3N2O5S/c20-18-4-3-16(10-17(18)19(21,22)23)31(27,28)25-7-5-24(6-8-25)11-14(26)12-29-13-15-2-1-9-30-15/h3-4,10,14-15,26H,1-2,5-9,11-13H2/t14-,15+/m1/s1. The Morgan fingerprint density at radius 3 is 2.58 bits per heavy atom. The summed E-state index contributed by atoms with van der Waals surface area (Å²) in [5, 5.41) is 9.60. The predicted molar refractivity (Wildman–Crippen MR) is 107 cm³/mol. The van der Waals surface area contributed by atoms with Crippen molar-refractivity contribution in [1.82, 2.24) is 9.21 Å². The summed E-state index contributed by atoms with van der Waals surface area (Å²) in [6.07, 6.45) is -3.44. The molecule has 2 saturated heterocycles. The number of piperazine rings is 1. The number of ether oxygens (including phenoxy) is 2. The summed E-state index contributed by atoms with van der Waals surface area (Å²) in [4.78, 5) is 1.45. The summed E-state index contributed by atoms with van der Waals surface area (Å²) in [6.45, 7) is 2.55. The van der Waals surface area contributed by atoms with Crippen LogP contribution in [-0.4, -0.2) is 87.5 Å². The number of aliphatic hydroxyl groups excluding tert-OH is 1. The second-order valence-electron chi connectivity index (χ2n) is 7.67. The molecule has 0 radical (unpaired) electrons. The molecule has 0 unspecified atom stereocenters. The van der Waals surface area contributed by atoms with Gasteiger partial charge in [-0.05, 0) is 31.0 Å². The van der Waals surface area contributed by atoms with E-state index in [4.69, 9.17) is 21.1 Å². The molecule has 2 aliphatic heterocycles. The quantitative estimate of drug-likeness (QED) is 0.607. The molecule has 0 bridgehead atoms. The summed E-state index contributed by atoms with van der Waals surface area (Å²) in [5.41, 5.74) is -1.18. The van der Waals surface area contributed by atoms with E-state index in [1.165, 1.54) is 0 Å². The molecule has 1 N–H and O–H groups in total. The van der Waals surface area contributed by atoms with Crippen LogP contribution in [0.2, 0.25) is 5.02 Å². The monoisotopic (exact) mass is 486 g/mol. The second kappa shape index (κ2) is 10.3. The maximum absolute atomic E-state index is 13.1. The molecule has 2 fully saturated rings. The SMILES string of the molecule is O=S(=O)(c1ccc(Cl)c(C(F)(F)F)c1)N1CCN(C[C@@H](O)COC[C@@H]2CCCO2)CC1. The Morgan fingerprint density at radius 1 is 1.26 bits per heavy atom. The largest absolute Gasteiger partial charge is 0.417 e.